The van der Waals surface area contributed by atoms with E-state index >= 15 is 0 Å². The molecule has 4 rings (SSSR count). The minimum Gasteiger partial charge on any atom is -0.306 e. The molecule has 4 aromatic rings. The number of carbonyl (C=O) groups excluding carboxylic acids is 1. The summed E-state index contributed by atoms with van der Waals surface area (Å²) in [6, 6.07) is 2.97. The van der Waals surface area contributed by atoms with Crippen LogP contribution in [0, 0.1) is 0 Å². The maximum Gasteiger partial charge on any atom is 0.433 e. The van der Waals surface area contributed by atoms with Gasteiger partial charge in [0.15, 0.2) is 0 Å². The van der Waals surface area contributed by atoms with Crippen LogP contribution in [0.25, 0.3) is 21.3 Å². The number of nitrogens with one attached hydrogen (secondary N) is 1. The molecule has 32 heavy (non-hydrogen) atoms. The topological polar surface area (TPSA) is 72.7 Å². The number of pyridine rings is 2. The highest BCUT2D eigenvalue weighted by Crippen LogP contribution is 2.44. The highest BCUT2D eigenvalue weighted by Gasteiger charge is 2.41. The number of hydrogen-bond acceptors (Lipinski definition) is 5. The lowest BCUT2D eigenvalue weighted by Crippen LogP contribution is -2.19. The molecule has 0 aliphatic heterocycles. The Balaban J connectivity index is 1.80. The van der Waals surface area contributed by atoms with E-state index in [0.717, 1.165) is 16.9 Å². The lowest BCUT2D eigenvalue weighted by Gasteiger charge is -2.12. The van der Waals surface area contributed by atoms with Crippen molar-refractivity contribution in [1.29, 1.82) is 0 Å². The Morgan fingerprint density at radius 2 is 1.84 bits per heavy atom. The molecule has 0 fully saturated rings. The number of anilines is 1. The number of aromatic nitrogens is 4. The standard InChI is InChI=1S/C19H11F6N5OS/c1-30-16(28-17(31)9-2-5-27-13(6-9)18(20,21)22)14(19(23,24)25)15(29-30)11-8-32-12-7-26-4-3-10(11)12/h2-8H,1H3,(H,28,31). The second-order valence-electron chi connectivity index (χ2n) is 6.60. The molecule has 0 aromatic carbocycles. The second-order valence-corrected chi connectivity index (χ2v) is 7.51. The molecule has 1 N–H and O–H groups in total. The Bertz CT molecular complexity index is 1320. The van der Waals surface area contributed by atoms with Crippen molar-refractivity contribution in [3.05, 3.63) is 59.0 Å². The van der Waals surface area contributed by atoms with Crippen LogP contribution in [-0.4, -0.2) is 25.7 Å². The van der Waals surface area contributed by atoms with Gasteiger partial charge in [-0.2, -0.15) is 31.4 Å². The molecule has 13 heteroatoms. The molecule has 0 atom stereocenters. The molecule has 6 nitrogen and oxygen atoms in total. The van der Waals surface area contributed by atoms with Gasteiger partial charge in [-0.1, -0.05) is 0 Å². The summed E-state index contributed by atoms with van der Waals surface area (Å²) < 4.78 is 82.1. The summed E-state index contributed by atoms with van der Waals surface area (Å²) in [7, 11) is 1.19. The van der Waals surface area contributed by atoms with Gasteiger partial charge in [0.2, 0.25) is 0 Å². The number of halogens is 6. The van der Waals surface area contributed by atoms with Crippen LogP contribution in [0.5, 0.6) is 0 Å². The highest BCUT2D eigenvalue weighted by atomic mass is 32.1. The SMILES string of the molecule is Cn1nc(-c2csc3cnccc23)c(C(F)(F)F)c1NC(=O)c1ccnc(C(F)(F)F)c1. The second kappa shape index (κ2) is 7.58. The molecule has 0 spiro atoms. The molecule has 0 aliphatic carbocycles. The smallest absolute Gasteiger partial charge is 0.306 e. The van der Waals surface area contributed by atoms with E-state index in [1.54, 1.807) is 6.07 Å². The Morgan fingerprint density at radius 1 is 1.09 bits per heavy atom. The van der Waals surface area contributed by atoms with Crippen molar-refractivity contribution in [2.24, 2.45) is 7.05 Å². The molecular weight excluding hydrogens is 460 g/mol. The number of rotatable bonds is 3. The average molecular weight is 471 g/mol. The van der Waals surface area contributed by atoms with Gasteiger partial charge in [0.25, 0.3) is 5.91 Å². The number of nitrogens with zero attached hydrogens (tertiary/aromatic N) is 4. The summed E-state index contributed by atoms with van der Waals surface area (Å²) in [6.07, 6.45) is -6.05. The Labute approximate surface area is 179 Å². The van der Waals surface area contributed by atoms with E-state index in [1.165, 1.54) is 36.2 Å². The van der Waals surface area contributed by atoms with Gasteiger partial charge in [-0.3, -0.25) is 19.4 Å². The van der Waals surface area contributed by atoms with E-state index in [9.17, 15) is 31.1 Å². The average Bonchev–Trinajstić information content (AvgIpc) is 3.28. The molecule has 1 amide bonds. The van der Waals surface area contributed by atoms with Gasteiger partial charge in [-0.25, -0.2) is 0 Å². The summed E-state index contributed by atoms with van der Waals surface area (Å²) in [5.74, 6) is -1.87. The van der Waals surface area contributed by atoms with E-state index in [4.69, 9.17) is 0 Å². The van der Waals surface area contributed by atoms with E-state index in [2.05, 4.69) is 15.1 Å². The highest BCUT2D eigenvalue weighted by molar-refractivity contribution is 7.17. The lowest BCUT2D eigenvalue weighted by molar-refractivity contribution is -0.141. The van der Waals surface area contributed by atoms with E-state index in [-0.39, 0.29) is 5.56 Å². The van der Waals surface area contributed by atoms with Crippen molar-refractivity contribution in [2.45, 2.75) is 12.4 Å². The van der Waals surface area contributed by atoms with Gasteiger partial charge in [0.05, 0.1) is 4.70 Å². The van der Waals surface area contributed by atoms with Crippen molar-refractivity contribution in [3.8, 4) is 11.3 Å². The zero-order chi connectivity index (χ0) is 23.3. The number of alkyl halides is 6. The molecule has 0 radical (unpaired) electrons. The van der Waals surface area contributed by atoms with Crippen molar-refractivity contribution in [3.63, 3.8) is 0 Å². The summed E-state index contributed by atoms with van der Waals surface area (Å²) in [6.45, 7) is 0. The van der Waals surface area contributed by atoms with Crippen LogP contribution >= 0.6 is 11.3 Å². The first-order valence-electron chi connectivity index (χ1n) is 8.77. The van der Waals surface area contributed by atoms with E-state index < -0.39 is 46.6 Å². The molecular formula is C19H11F6N5OS. The number of hydrogen-bond donors (Lipinski definition) is 1. The molecule has 0 saturated carbocycles. The largest absolute Gasteiger partial charge is 0.433 e. The summed E-state index contributed by atoms with van der Waals surface area (Å²) in [5, 5.41) is 7.99. The van der Waals surface area contributed by atoms with Gasteiger partial charge >= 0.3 is 12.4 Å². The van der Waals surface area contributed by atoms with Crippen LogP contribution in [0.15, 0.2) is 42.2 Å². The Hall–Kier alpha value is -3.48. The number of carbonyl (C=O) groups is 1. The molecule has 0 saturated heterocycles. The van der Waals surface area contributed by atoms with Gasteiger partial charge in [-0.05, 0) is 18.2 Å². The van der Waals surface area contributed by atoms with Crippen LogP contribution in [0.4, 0.5) is 32.2 Å². The number of aryl methyl sites for hydroxylation is 1. The number of thiophene rings is 1. The fourth-order valence-electron chi connectivity index (χ4n) is 3.10. The molecule has 0 unspecified atom stereocenters. The first-order chi connectivity index (χ1) is 15.0. The molecule has 166 valence electrons. The monoisotopic (exact) mass is 471 g/mol. The summed E-state index contributed by atoms with van der Waals surface area (Å²) in [5.41, 5.74) is -3.28. The van der Waals surface area contributed by atoms with E-state index in [1.807, 2.05) is 5.32 Å². The zero-order valence-corrected chi connectivity index (χ0v) is 16.7. The van der Waals surface area contributed by atoms with Crippen molar-refractivity contribution < 1.29 is 31.1 Å². The molecule has 0 aliphatic rings. The van der Waals surface area contributed by atoms with Gasteiger partial charge < -0.3 is 5.32 Å². The van der Waals surface area contributed by atoms with Crippen molar-refractivity contribution >= 4 is 33.1 Å². The predicted octanol–water partition coefficient (Wildman–Crippen LogP) is 5.38. The van der Waals surface area contributed by atoms with Crippen LogP contribution < -0.4 is 5.32 Å². The first-order valence-corrected chi connectivity index (χ1v) is 9.65. The third kappa shape index (κ3) is 3.90. The van der Waals surface area contributed by atoms with Crippen molar-refractivity contribution in [2.75, 3.05) is 5.32 Å². The molecule has 4 aromatic heterocycles. The van der Waals surface area contributed by atoms with Crippen molar-refractivity contribution in [1.82, 2.24) is 19.7 Å². The molecule has 0 bridgehead atoms. The minimum absolute atomic E-state index is 0.194. The third-order valence-electron chi connectivity index (χ3n) is 4.51. The third-order valence-corrected chi connectivity index (χ3v) is 5.44. The molecule has 4 heterocycles. The fourth-order valence-corrected chi connectivity index (χ4v) is 4.01. The van der Waals surface area contributed by atoms with Crippen LogP contribution in [0.1, 0.15) is 21.6 Å². The van der Waals surface area contributed by atoms with Gasteiger partial charge in [0, 0.05) is 47.5 Å². The maximum atomic E-state index is 14.0. The Morgan fingerprint density at radius 3 is 2.53 bits per heavy atom. The summed E-state index contributed by atoms with van der Waals surface area (Å²) >= 11 is 1.18. The van der Waals surface area contributed by atoms with Gasteiger partial charge in [-0.15, -0.1) is 11.3 Å². The van der Waals surface area contributed by atoms with Crippen LogP contribution in [0.2, 0.25) is 0 Å². The fraction of sp³-hybridized carbons (Fsp3) is 0.158. The Kier molecular flexibility index (Phi) is 5.15. The van der Waals surface area contributed by atoms with Crippen LogP contribution in [-0.2, 0) is 19.4 Å². The zero-order valence-electron chi connectivity index (χ0n) is 15.9. The maximum absolute atomic E-state index is 14.0. The van der Waals surface area contributed by atoms with Gasteiger partial charge in [0.1, 0.15) is 22.8 Å². The predicted molar refractivity (Wildman–Crippen MR) is 104 cm³/mol. The minimum atomic E-state index is -4.91. The summed E-state index contributed by atoms with van der Waals surface area (Å²) in [4.78, 5) is 19.6. The van der Waals surface area contributed by atoms with E-state index in [0.29, 0.717) is 16.2 Å². The normalized spacial score (nSPS) is 12.3. The number of fused-ring (bicyclic) bond motifs is 1. The first kappa shape index (κ1) is 21.7. The number of amides is 1. The lowest BCUT2D eigenvalue weighted by atomic mass is 10.1. The van der Waals surface area contributed by atoms with Crippen LogP contribution in [0.3, 0.4) is 0 Å². The quantitative estimate of drug-likeness (QED) is 0.407.